The van der Waals surface area contributed by atoms with Crippen molar-refractivity contribution in [3.63, 3.8) is 0 Å². The van der Waals surface area contributed by atoms with E-state index in [2.05, 4.69) is 22.6 Å². The zero-order valence-corrected chi connectivity index (χ0v) is 17.7. The Morgan fingerprint density at radius 2 is 1.79 bits per heavy atom. The molecule has 0 saturated carbocycles. The lowest BCUT2D eigenvalue weighted by Crippen LogP contribution is -2.37. The molecule has 0 amide bonds. The summed E-state index contributed by atoms with van der Waals surface area (Å²) in [4.78, 5) is 26.2. The fourth-order valence-electron chi connectivity index (χ4n) is 4.02. The van der Waals surface area contributed by atoms with E-state index in [1.54, 1.807) is 6.07 Å². The number of benzene rings is 2. The van der Waals surface area contributed by atoms with Gasteiger partial charge in [-0.05, 0) is 48.9 Å². The number of nitrogens with zero attached hydrogens (tertiary/aromatic N) is 1. The van der Waals surface area contributed by atoms with Crippen molar-refractivity contribution in [3.8, 4) is 0 Å². The minimum Gasteiger partial charge on any atom is -0.380 e. The average Bonchev–Trinajstić information content (AvgIpc) is 2.71. The molecule has 150 valence electrons. The number of nitrogens with one attached hydrogen (secondary N) is 2. The summed E-state index contributed by atoms with van der Waals surface area (Å²) in [5.41, 5.74) is 3.66. The monoisotopic (exact) mass is 429 g/mol. The van der Waals surface area contributed by atoms with Gasteiger partial charge in [0.05, 0.1) is 0 Å². The van der Waals surface area contributed by atoms with Crippen LogP contribution in [0.2, 0.25) is 10.0 Å². The Bertz CT molecular complexity index is 1150. The SMILES string of the molecule is CCNc1c(Nc2ccccc2C2CN(C)Cc3c(Cl)cc(Cl)cc32)c(=O)c1=O. The zero-order chi connectivity index (χ0) is 20.7. The summed E-state index contributed by atoms with van der Waals surface area (Å²) in [5.74, 6) is 0.0257. The van der Waals surface area contributed by atoms with Crippen molar-refractivity contribution in [1.29, 1.82) is 0 Å². The number of likely N-dealkylation sites (N-methyl/N-ethyl adjacent to an activating group) is 1. The van der Waals surface area contributed by atoms with Crippen molar-refractivity contribution in [1.82, 2.24) is 4.90 Å². The van der Waals surface area contributed by atoms with Crippen LogP contribution in [-0.4, -0.2) is 25.0 Å². The molecule has 3 aromatic carbocycles. The second-order valence-electron chi connectivity index (χ2n) is 7.36. The lowest BCUT2D eigenvalue weighted by Gasteiger charge is -2.34. The van der Waals surface area contributed by atoms with Gasteiger partial charge < -0.3 is 15.5 Å². The molecule has 0 aliphatic carbocycles. The van der Waals surface area contributed by atoms with Crippen molar-refractivity contribution >= 4 is 40.3 Å². The van der Waals surface area contributed by atoms with Crippen LogP contribution in [0, 0.1) is 0 Å². The number of hydrogen-bond acceptors (Lipinski definition) is 5. The van der Waals surface area contributed by atoms with Crippen molar-refractivity contribution < 1.29 is 0 Å². The summed E-state index contributed by atoms with van der Waals surface area (Å²) >= 11 is 12.8. The van der Waals surface area contributed by atoms with Crippen LogP contribution in [0.15, 0.2) is 46.0 Å². The Kier molecular flexibility index (Phi) is 5.38. The van der Waals surface area contributed by atoms with E-state index in [-0.39, 0.29) is 5.92 Å². The van der Waals surface area contributed by atoms with Gasteiger partial charge in [-0.1, -0.05) is 41.4 Å². The van der Waals surface area contributed by atoms with E-state index in [0.29, 0.717) is 28.0 Å². The first-order valence-electron chi connectivity index (χ1n) is 9.50. The second kappa shape index (κ2) is 7.82. The highest BCUT2D eigenvalue weighted by Gasteiger charge is 2.29. The van der Waals surface area contributed by atoms with Crippen LogP contribution < -0.4 is 21.5 Å². The highest BCUT2D eigenvalue weighted by molar-refractivity contribution is 6.35. The van der Waals surface area contributed by atoms with Crippen LogP contribution in [0.1, 0.15) is 29.5 Å². The molecule has 2 N–H and O–H groups in total. The summed E-state index contributed by atoms with van der Waals surface area (Å²) in [6, 6.07) is 11.6. The molecule has 29 heavy (non-hydrogen) atoms. The highest BCUT2D eigenvalue weighted by atomic mass is 35.5. The van der Waals surface area contributed by atoms with Gasteiger partial charge in [0.25, 0.3) is 10.9 Å². The highest BCUT2D eigenvalue weighted by Crippen LogP contribution is 2.41. The van der Waals surface area contributed by atoms with Crippen LogP contribution in [0.5, 0.6) is 0 Å². The standard InChI is InChI=1S/C22H21Cl2N3O2/c1-3-25-19-20(22(29)21(19)28)26-18-7-5-4-6-13(18)15-10-27(2)11-16-14(15)8-12(23)9-17(16)24/h4-9,15,25-26H,3,10-11H2,1-2H3. The van der Waals surface area contributed by atoms with Gasteiger partial charge in [-0.25, -0.2) is 0 Å². The fourth-order valence-corrected chi connectivity index (χ4v) is 4.59. The Labute approximate surface area is 178 Å². The van der Waals surface area contributed by atoms with E-state index in [1.807, 2.05) is 37.3 Å². The first-order valence-corrected chi connectivity index (χ1v) is 10.3. The fraction of sp³-hybridized carbons (Fsp3) is 0.273. The van der Waals surface area contributed by atoms with E-state index in [9.17, 15) is 9.59 Å². The van der Waals surface area contributed by atoms with Crippen molar-refractivity contribution in [2.24, 2.45) is 0 Å². The number of halogens is 2. The van der Waals surface area contributed by atoms with Gasteiger partial charge >= 0.3 is 0 Å². The average molecular weight is 430 g/mol. The van der Waals surface area contributed by atoms with Crippen LogP contribution in [-0.2, 0) is 6.54 Å². The quantitative estimate of drug-likeness (QED) is 0.590. The number of anilines is 3. The molecule has 0 saturated heterocycles. The third-order valence-electron chi connectivity index (χ3n) is 5.35. The molecule has 0 spiro atoms. The maximum atomic E-state index is 12.1. The number of para-hydroxylation sites is 1. The Morgan fingerprint density at radius 3 is 2.55 bits per heavy atom. The van der Waals surface area contributed by atoms with Gasteiger partial charge in [0.15, 0.2) is 0 Å². The van der Waals surface area contributed by atoms with Crippen molar-refractivity contribution in [2.45, 2.75) is 19.4 Å². The molecule has 0 fully saturated rings. The van der Waals surface area contributed by atoms with E-state index < -0.39 is 10.9 Å². The lowest BCUT2D eigenvalue weighted by atomic mass is 9.84. The molecule has 0 bridgehead atoms. The normalized spacial score (nSPS) is 16.6. The van der Waals surface area contributed by atoms with Gasteiger partial charge in [0, 0.05) is 41.3 Å². The third kappa shape index (κ3) is 3.54. The molecule has 1 aliphatic rings. The molecule has 0 radical (unpaired) electrons. The first-order chi connectivity index (χ1) is 13.9. The Morgan fingerprint density at radius 1 is 1.07 bits per heavy atom. The summed E-state index contributed by atoms with van der Waals surface area (Å²) < 4.78 is 0. The lowest BCUT2D eigenvalue weighted by molar-refractivity contribution is 0.295. The predicted octanol–water partition coefficient (Wildman–Crippen LogP) is 4.34. The molecule has 1 aliphatic heterocycles. The molecule has 4 rings (SSSR count). The zero-order valence-electron chi connectivity index (χ0n) is 16.2. The van der Waals surface area contributed by atoms with Crippen LogP contribution in [0.4, 0.5) is 17.1 Å². The van der Waals surface area contributed by atoms with E-state index in [4.69, 9.17) is 23.2 Å². The topological polar surface area (TPSA) is 61.4 Å². The summed E-state index contributed by atoms with van der Waals surface area (Å²) in [5, 5.41) is 7.43. The van der Waals surface area contributed by atoms with E-state index in [1.165, 1.54) is 0 Å². The van der Waals surface area contributed by atoms with Gasteiger partial charge in [0.2, 0.25) is 0 Å². The maximum Gasteiger partial charge on any atom is 0.253 e. The van der Waals surface area contributed by atoms with Gasteiger partial charge in [0.1, 0.15) is 11.4 Å². The largest absolute Gasteiger partial charge is 0.380 e. The Hall–Kier alpha value is -2.34. The summed E-state index contributed by atoms with van der Waals surface area (Å²) in [6.45, 7) is 3.99. The first kappa shape index (κ1) is 20.0. The molecule has 1 atom stereocenters. The molecular formula is C22H21Cl2N3O2. The van der Waals surface area contributed by atoms with Crippen LogP contribution in [0.3, 0.4) is 0 Å². The summed E-state index contributed by atoms with van der Waals surface area (Å²) in [6.07, 6.45) is 0. The van der Waals surface area contributed by atoms with Gasteiger partial charge in [-0.15, -0.1) is 0 Å². The van der Waals surface area contributed by atoms with E-state index >= 15 is 0 Å². The molecule has 3 aromatic rings. The third-order valence-corrected chi connectivity index (χ3v) is 5.91. The van der Waals surface area contributed by atoms with Gasteiger partial charge in [-0.3, -0.25) is 9.59 Å². The maximum absolute atomic E-state index is 12.1. The summed E-state index contributed by atoms with van der Waals surface area (Å²) in [7, 11) is 2.05. The number of rotatable bonds is 5. The number of fused-ring (bicyclic) bond motifs is 1. The second-order valence-corrected chi connectivity index (χ2v) is 8.20. The molecule has 1 unspecified atom stereocenters. The molecule has 0 aromatic heterocycles. The Balaban J connectivity index is 1.78. The number of hydrogen-bond donors (Lipinski definition) is 2. The van der Waals surface area contributed by atoms with Crippen molar-refractivity contribution in [3.05, 3.63) is 83.6 Å². The molecule has 5 nitrogen and oxygen atoms in total. The molecule has 1 heterocycles. The molecular weight excluding hydrogens is 409 g/mol. The minimum atomic E-state index is -0.497. The predicted molar refractivity (Wildman–Crippen MR) is 120 cm³/mol. The minimum absolute atomic E-state index is 0.0257. The smallest absolute Gasteiger partial charge is 0.253 e. The van der Waals surface area contributed by atoms with Crippen LogP contribution >= 0.6 is 23.2 Å². The van der Waals surface area contributed by atoms with E-state index in [0.717, 1.165) is 35.5 Å². The van der Waals surface area contributed by atoms with Crippen LogP contribution in [0.25, 0.3) is 0 Å². The van der Waals surface area contributed by atoms with Gasteiger partial charge in [-0.2, -0.15) is 0 Å². The van der Waals surface area contributed by atoms with Crippen molar-refractivity contribution in [2.75, 3.05) is 30.8 Å². The molecule has 7 heteroatoms.